The lowest BCUT2D eigenvalue weighted by molar-refractivity contribution is 0.0477. The van der Waals surface area contributed by atoms with Gasteiger partial charge in [0.25, 0.3) is 0 Å². The van der Waals surface area contributed by atoms with Gasteiger partial charge in [0.05, 0.1) is 24.3 Å². The first-order valence-electron chi connectivity index (χ1n) is 10.9. The van der Waals surface area contributed by atoms with Gasteiger partial charge >= 0.3 is 11.9 Å². The van der Waals surface area contributed by atoms with Gasteiger partial charge in [-0.15, -0.1) is 0 Å². The molecule has 0 amide bonds. The van der Waals surface area contributed by atoms with E-state index in [0.29, 0.717) is 11.1 Å². The highest BCUT2D eigenvalue weighted by atomic mass is 16.5. The minimum Gasteiger partial charge on any atom is -0.462 e. The van der Waals surface area contributed by atoms with Gasteiger partial charge < -0.3 is 9.47 Å². The van der Waals surface area contributed by atoms with Gasteiger partial charge in [0, 0.05) is 0 Å². The molecule has 158 valence electrons. The molecule has 4 heteroatoms. The number of rotatable bonds is 13. The predicted octanol–water partition coefficient (Wildman–Crippen LogP) is 6.34. The molecule has 28 heavy (non-hydrogen) atoms. The molecule has 0 heterocycles. The summed E-state index contributed by atoms with van der Waals surface area (Å²) in [6.07, 6.45) is 11.0. The summed E-state index contributed by atoms with van der Waals surface area (Å²) in [5, 5.41) is 0. The van der Waals surface area contributed by atoms with E-state index in [1.54, 1.807) is 13.8 Å². The smallest absolute Gasteiger partial charge is 0.339 e. The molecule has 1 rings (SSSR count). The van der Waals surface area contributed by atoms with Crippen LogP contribution in [0.4, 0.5) is 0 Å². The Balaban J connectivity index is 2.87. The highest BCUT2D eigenvalue weighted by molar-refractivity contribution is 6.05. The average Bonchev–Trinajstić information content (AvgIpc) is 2.66. The first kappa shape index (κ1) is 24.2. The van der Waals surface area contributed by atoms with Crippen LogP contribution < -0.4 is 0 Å². The minimum atomic E-state index is -0.454. The van der Waals surface area contributed by atoms with Crippen molar-refractivity contribution in [3.05, 3.63) is 33.9 Å². The van der Waals surface area contributed by atoms with Gasteiger partial charge in [-0.3, -0.25) is 0 Å². The van der Waals surface area contributed by atoms with Gasteiger partial charge in [-0.1, -0.05) is 57.9 Å². The molecule has 0 aliphatic carbocycles. The van der Waals surface area contributed by atoms with Crippen LogP contribution in [0.3, 0.4) is 0 Å². The van der Waals surface area contributed by atoms with E-state index in [-0.39, 0.29) is 13.2 Å². The maximum Gasteiger partial charge on any atom is 0.339 e. The molecule has 0 unspecified atom stereocenters. The Bertz CT molecular complexity index is 634. The second-order valence-corrected chi connectivity index (χ2v) is 7.39. The molecule has 0 aliphatic heterocycles. The maximum atomic E-state index is 12.6. The van der Waals surface area contributed by atoms with Crippen LogP contribution in [0, 0.1) is 13.8 Å². The number of carbonyl (C=O) groups excluding carboxylic acids is 2. The topological polar surface area (TPSA) is 52.6 Å². The van der Waals surface area contributed by atoms with E-state index < -0.39 is 11.9 Å². The first-order valence-corrected chi connectivity index (χ1v) is 10.9. The van der Waals surface area contributed by atoms with Crippen LogP contribution in [0.15, 0.2) is 6.07 Å². The van der Waals surface area contributed by atoms with Crippen LogP contribution in [0.5, 0.6) is 0 Å². The van der Waals surface area contributed by atoms with Crippen LogP contribution in [0.1, 0.15) is 110 Å². The van der Waals surface area contributed by atoms with Crippen LogP contribution in [-0.2, 0) is 15.9 Å². The molecule has 0 radical (unpaired) electrons. The quantitative estimate of drug-likeness (QED) is 0.291. The van der Waals surface area contributed by atoms with Crippen molar-refractivity contribution in [2.75, 3.05) is 13.2 Å². The van der Waals surface area contributed by atoms with Crippen molar-refractivity contribution in [3.63, 3.8) is 0 Å². The molecule has 4 nitrogen and oxygen atoms in total. The number of esters is 2. The Labute approximate surface area is 171 Å². The fourth-order valence-electron chi connectivity index (χ4n) is 3.62. The Hall–Kier alpha value is -1.84. The fraction of sp³-hybridized carbons (Fsp3) is 0.667. The third-order valence-electron chi connectivity index (χ3n) is 5.15. The number of hydrogen-bond acceptors (Lipinski definition) is 4. The van der Waals surface area contributed by atoms with Gasteiger partial charge in [-0.25, -0.2) is 9.59 Å². The molecule has 0 aromatic heterocycles. The van der Waals surface area contributed by atoms with Crippen molar-refractivity contribution in [1.82, 2.24) is 0 Å². The van der Waals surface area contributed by atoms with E-state index in [4.69, 9.17) is 9.47 Å². The van der Waals surface area contributed by atoms with Gasteiger partial charge in [0.1, 0.15) is 0 Å². The number of unbranched alkanes of at least 4 members (excludes halogenated alkanes) is 7. The molecule has 0 saturated heterocycles. The number of aryl methyl sites for hydroxylation is 2. The summed E-state index contributed by atoms with van der Waals surface area (Å²) < 4.78 is 10.4. The molecule has 1 aromatic carbocycles. The van der Waals surface area contributed by atoms with E-state index >= 15 is 0 Å². The number of ether oxygens (including phenoxy) is 2. The normalized spacial score (nSPS) is 10.8. The van der Waals surface area contributed by atoms with Crippen molar-refractivity contribution in [2.45, 2.75) is 92.4 Å². The molecule has 0 aliphatic rings. The highest BCUT2D eigenvalue weighted by Crippen LogP contribution is 2.26. The van der Waals surface area contributed by atoms with Gasteiger partial charge in [-0.05, 0) is 57.2 Å². The van der Waals surface area contributed by atoms with Crippen molar-refractivity contribution in [2.24, 2.45) is 0 Å². The third kappa shape index (κ3) is 7.29. The summed E-state index contributed by atoms with van der Waals surface area (Å²) in [5.41, 5.74) is 3.46. The molecule has 0 N–H and O–H groups in total. The van der Waals surface area contributed by atoms with E-state index in [2.05, 4.69) is 6.92 Å². The van der Waals surface area contributed by atoms with Crippen LogP contribution in [-0.4, -0.2) is 25.2 Å². The van der Waals surface area contributed by atoms with Crippen molar-refractivity contribution in [3.8, 4) is 0 Å². The zero-order chi connectivity index (χ0) is 20.9. The van der Waals surface area contributed by atoms with Crippen molar-refractivity contribution in [1.29, 1.82) is 0 Å². The first-order chi connectivity index (χ1) is 13.5. The fourth-order valence-corrected chi connectivity index (χ4v) is 3.62. The third-order valence-corrected chi connectivity index (χ3v) is 5.15. The monoisotopic (exact) mass is 390 g/mol. The molecular formula is C24H38O4. The van der Waals surface area contributed by atoms with E-state index in [9.17, 15) is 9.59 Å². The molecular weight excluding hydrogens is 352 g/mol. The number of carbonyl (C=O) groups is 2. The van der Waals surface area contributed by atoms with Gasteiger partial charge in [0.2, 0.25) is 0 Å². The molecule has 1 aromatic rings. The van der Waals surface area contributed by atoms with Gasteiger partial charge in [0.15, 0.2) is 0 Å². The average molecular weight is 391 g/mol. The maximum absolute atomic E-state index is 12.6. The second-order valence-electron chi connectivity index (χ2n) is 7.39. The standard InChI is InChI=1S/C24H38O4/c1-6-9-10-11-12-13-14-15-16-20-17-18(4)21(23(25)27-7-2)22(19(20)5)24(26)28-8-3/h17H,6-16H2,1-5H3. The zero-order valence-corrected chi connectivity index (χ0v) is 18.5. The summed E-state index contributed by atoms with van der Waals surface area (Å²) in [4.78, 5) is 25.0. The molecule has 0 atom stereocenters. The molecule has 0 fully saturated rings. The van der Waals surface area contributed by atoms with Crippen molar-refractivity contribution < 1.29 is 19.1 Å². The summed E-state index contributed by atoms with van der Waals surface area (Å²) in [6, 6.07) is 2.03. The second kappa shape index (κ2) is 13.4. The van der Waals surface area contributed by atoms with Crippen LogP contribution in [0.25, 0.3) is 0 Å². The van der Waals surface area contributed by atoms with Crippen LogP contribution >= 0.6 is 0 Å². The Kier molecular flexibility index (Phi) is 11.5. The van der Waals surface area contributed by atoms with Crippen LogP contribution in [0.2, 0.25) is 0 Å². The largest absolute Gasteiger partial charge is 0.462 e. The molecule has 0 bridgehead atoms. The summed E-state index contributed by atoms with van der Waals surface area (Å²) >= 11 is 0. The van der Waals surface area contributed by atoms with Gasteiger partial charge in [-0.2, -0.15) is 0 Å². The van der Waals surface area contributed by atoms with E-state index in [1.807, 2.05) is 19.9 Å². The Morgan fingerprint density at radius 3 is 1.79 bits per heavy atom. The summed E-state index contributed by atoms with van der Waals surface area (Å²) in [5.74, 6) is -0.895. The predicted molar refractivity (Wildman–Crippen MR) is 114 cm³/mol. The minimum absolute atomic E-state index is 0.277. The SMILES string of the molecule is CCCCCCCCCCc1cc(C)c(C(=O)OCC)c(C(=O)OCC)c1C. The summed E-state index contributed by atoms with van der Waals surface area (Å²) in [6.45, 7) is 10.1. The summed E-state index contributed by atoms with van der Waals surface area (Å²) in [7, 11) is 0. The molecule has 0 saturated carbocycles. The highest BCUT2D eigenvalue weighted by Gasteiger charge is 2.25. The number of hydrogen-bond donors (Lipinski definition) is 0. The van der Waals surface area contributed by atoms with E-state index in [0.717, 1.165) is 29.5 Å². The molecule has 0 spiro atoms. The van der Waals surface area contributed by atoms with E-state index in [1.165, 1.54) is 44.9 Å². The lowest BCUT2D eigenvalue weighted by Gasteiger charge is -2.17. The zero-order valence-electron chi connectivity index (χ0n) is 18.5. The Morgan fingerprint density at radius 1 is 0.750 bits per heavy atom. The Morgan fingerprint density at radius 2 is 1.25 bits per heavy atom. The lowest BCUT2D eigenvalue weighted by atomic mass is 9.90. The number of benzene rings is 1. The lowest BCUT2D eigenvalue weighted by Crippen LogP contribution is -2.18. The van der Waals surface area contributed by atoms with Crippen molar-refractivity contribution >= 4 is 11.9 Å².